The van der Waals surface area contributed by atoms with Crippen LogP contribution in [0.2, 0.25) is 0 Å². The van der Waals surface area contributed by atoms with Crippen molar-refractivity contribution in [2.75, 3.05) is 0 Å². The van der Waals surface area contributed by atoms with E-state index in [1.807, 2.05) is 0 Å². The topological polar surface area (TPSA) is 193 Å². The summed E-state index contributed by atoms with van der Waals surface area (Å²) in [6, 6.07) is 1.44. The number of pyridine rings is 1. The molecule has 2 aromatic rings. The summed E-state index contributed by atoms with van der Waals surface area (Å²) in [7, 11) is 0. The van der Waals surface area contributed by atoms with Gasteiger partial charge in [0.2, 0.25) is 5.91 Å². The number of hydrogen-bond acceptors (Lipinski definition) is 9. The number of aliphatic hydroxyl groups excluding tert-OH is 3. The lowest BCUT2D eigenvalue weighted by atomic mass is 9.91. The molecular formula is C20H27N5O7. The Morgan fingerprint density at radius 3 is 2.69 bits per heavy atom. The van der Waals surface area contributed by atoms with E-state index in [0.29, 0.717) is 11.8 Å². The summed E-state index contributed by atoms with van der Waals surface area (Å²) >= 11 is 0. The number of aliphatic hydroxyl groups is 3. The van der Waals surface area contributed by atoms with E-state index in [1.165, 1.54) is 12.4 Å². The third kappa shape index (κ3) is 4.64. The summed E-state index contributed by atoms with van der Waals surface area (Å²) in [5, 5.41) is 33.9. The highest BCUT2D eigenvalue weighted by Gasteiger charge is 2.47. The Hall–Kier alpha value is -2.90. The monoisotopic (exact) mass is 449 g/mol. The van der Waals surface area contributed by atoms with Crippen molar-refractivity contribution in [1.29, 1.82) is 0 Å². The third-order valence-electron chi connectivity index (χ3n) is 5.70. The molecule has 1 aliphatic rings. The first kappa shape index (κ1) is 23.8. The number of ether oxygens (including phenoxy) is 1. The van der Waals surface area contributed by atoms with Crippen LogP contribution in [-0.2, 0) is 9.53 Å². The van der Waals surface area contributed by atoms with Gasteiger partial charge in [0.05, 0.1) is 23.9 Å². The first-order valence-electron chi connectivity index (χ1n) is 10.1. The van der Waals surface area contributed by atoms with Crippen molar-refractivity contribution in [3.8, 4) is 0 Å². The van der Waals surface area contributed by atoms with E-state index in [1.54, 1.807) is 32.2 Å². The number of amides is 1. The molecular weight excluding hydrogens is 422 g/mol. The summed E-state index contributed by atoms with van der Waals surface area (Å²) in [6.07, 6.45) is -1.61. The van der Waals surface area contributed by atoms with Crippen LogP contribution in [0.4, 0.5) is 0 Å². The maximum atomic E-state index is 12.7. The van der Waals surface area contributed by atoms with E-state index in [0.717, 1.165) is 4.57 Å². The number of H-pyrrole nitrogens is 1. The molecule has 8 atom stereocenters. The molecule has 0 aromatic carbocycles. The molecule has 1 saturated heterocycles. The van der Waals surface area contributed by atoms with Crippen LogP contribution in [0.15, 0.2) is 35.5 Å². The average Bonchev–Trinajstić information content (AvgIpc) is 3.31. The minimum absolute atomic E-state index is 0.0165. The number of carbonyl (C=O) groups excluding carboxylic acids is 2. The lowest BCUT2D eigenvalue weighted by molar-refractivity contribution is -0.127. The van der Waals surface area contributed by atoms with Crippen molar-refractivity contribution in [3.63, 3.8) is 0 Å². The Bertz CT molecular complexity index is 994. The van der Waals surface area contributed by atoms with Gasteiger partial charge in [0, 0.05) is 24.5 Å². The second kappa shape index (κ2) is 9.71. The minimum atomic E-state index is -1.48. The van der Waals surface area contributed by atoms with Crippen molar-refractivity contribution in [2.24, 2.45) is 11.7 Å². The predicted octanol–water partition coefficient (Wildman–Crippen LogP) is -1.80. The lowest BCUT2D eigenvalue weighted by Gasteiger charge is -2.28. The molecule has 0 bridgehead atoms. The van der Waals surface area contributed by atoms with Crippen molar-refractivity contribution < 1.29 is 29.6 Å². The molecule has 0 radical (unpaired) electrons. The molecule has 8 unspecified atom stereocenters. The van der Waals surface area contributed by atoms with Gasteiger partial charge in [0.25, 0.3) is 0 Å². The van der Waals surface area contributed by atoms with Crippen molar-refractivity contribution in [1.82, 2.24) is 19.9 Å². The summed E-state index contributed by atoms with van der Waals surface area (Å²) in [6.45, 7) is 3.17. The number of aldehydes is 1. The molecule has 1 aliphatic heterocycles. The summed E-state index contributed by atoms with van der Waals surface area (Å²) in [5.41, 5.74) is 5.84. The van der Waals surface area contributed by atoms with Crippen LogP contribution in [-0.4, -0.2) is 72.4 Å². The molecule has 12 heteroatoms. The maximum Gasteiger partial charge on any atom is 0.328 e. The van der Waals surface area contributed by atoms with E-state index < -0.39 is 60.2 Å². The first-order valence-corrected chi connectivity index (χ1v) is 10.1. The molecule has 7 N–H and O–H groups in total. The zero-order valence-corrected chi connectivity index (χ0v) is 17.5. The van der Waals surface area contributed by atoms with Crippen LogP contribution in [0.5, 0.6) is 0 Å². The fraction of sp³-hybridized carbons (Fsp3) is 0.500. The number of nitrogens with two attached hydrogens (primary N) is 1. The van der Waals surface area contributed by atoms with Crippen LogP contribution in [0.25, 0.3) is 0 Å². The van der Waals surface area contributed by atoms with Gasteiger partial charge < -0.3 is 36.1 Å². The quantitative estimate of drug-likeness (QED) is 0.252. The first-order chi connectivity index (χ1) is 15.1. The van der Waals surface area contributed by atoms with Crippen molar-refractivity contribution in [3.05, 3.63) is 52.5 Å². The molecule has 12 nitrogen and oxygen atoms in total. The number of aromatic amines is 1. The Kier molecular flexibility index (Phi) is 7.21. The largest absolute Gasteiger partial charge is 0.388 e. The van der Waals surface area contributed by atoms with E-state index in [2.05, 4.69) is 15.3 Å². The molecule has 3 rings (SSSR count). The fourth-order valence-corrected chi connectivity index (χ4v) is 3.70. The predicted molar refractivity (Wildman–Crippen MR) is 110 cm³/mol. The van der Waals surface area contributed by atoms with Crippen molar-refractivity contribution in [2.45, 2.75) is 56.6 Å². The fourth-order valence-electron chi connectivity index (χ4n) is 3.70. The highest BCUT2D eigenvalue weighted by molar-refractivity contribution is 5.82. The maximum absolute atomic E-state index is 12.7. The Morgan fingerprint density at radius 2 is 2.09 bits per heavy atom. The van der Waals surface area contributed by atoms with Gasteiger partial charge in [-0.15, -0.1) is 0 Å². The zero-order valence-electron chi connectivity index (χ0n) is 17.5. The van der Waals surface area contributed by atoms with Crippen LogP contribution in [0.3, 0.4) is 0 Å². The highest BCUT2D eigenvalue weighted by atomic mass is 16.6. The molecule has 1 fully saturated rings. The van der Waals surface area contributed by atoms with Gasteiger partial charge in [-0.1, -0.05) is 13.0 Å². The number of nitrogens with zero attached hydrogens (tertiary/aromatic N) is 2. The smallest absolute Gasteiger partial charge is 0.328 e. The number of rotatable bonds is 8. The molecule has 2 aromatic heterocycles. The zero-order chi connectivity index (χ0) is 23.6. The van der Waals surface area contributed by atoms with E-state index in [-0.39, 0.29) is 5.69 Å². The number of imidazole rings is 1. The molecule has 1 amide bonds. The number of hydrogen-bond donors (Lipinski definition) is 6. The second-order valence-corrected chi connectivity index (χ2v) is 7.93. The van der Waals surface area contributed by atoms with Gasteiger partial charge >= 0.3 is 5.69 Å². The van der Waals surface area contributed by atoms with Gasteiger partial charge in [-0.3, -0.25) is 19.1 Å². The summed E-state index contributed by atoms with van der Waals surface area (Å²) in [4.78, 5) is 41.8. The van der Waals surface area contributed by atoms with E-state index in [9.17, 15) is 29.7 Å². The van der Waals surface area contributed by atoms with Crippen LogP contribution in [0.1, 0.15) is 42.2 Å². The molecule has 174 valence electrons. The average molecular weight is 449 g/mol. The van der Waals surface area contributed by atoms with Crippen molar-refractivity contribution >= 4 is 12.2 Å². The third-order valence-corrected chi connectivity index (χ3v) is 5.70. The second-order valence-electron chi connectivity index (χ2n) is 7.93. The Morgan fingerprint density at radius 1 is 1.38 bits per heavy atom. The lowest BCUT2D eigenvalue weighted by Crippen LogP contribution is -2.53. The standard InChI is InChI=1S/C20H27N5O7/c1-9(14(27)11-4-3-5-22-6-11)13(21)18(30)23-10(2)17-15(28)16(29)19(32-17)25-7-12(8-26)24-20(25)31/h3-10,13-17,19,27-29H,21H2,1-2H3,(H,23,30)(H,24,31). The van der Waals surface area contributed by atoms with Gasteiger partial charge in [-0.25, -0.2) is 4.79 Å². The molecule has 0 spiro atoms. The molecule has 0 saturated carbocycles. The van der Waals surface area contributed by atoms with E-state index >= 15 is 0 Å². The normalized spacial score (nSPS) is 26.8. The van der Waals surface area contributed by atoms with Crippen LogP contribution >= 0.6 is 0 Å². The van der Waals surface area contributed by atoms with Gasteiger partial charge in [-0.05, 0) is 18.6 Å². The highest BCUT2D eigenvalue weighted by Crippen LogP contribution is 2.30. The molecule has 0 aliphatic carbocycles. The van der Waals surface area contributed by atoms with Gasteiger partial charge in [0.1, 0.15) is 18.3 Å². The van der Waals surface area contributed by atoms with Crippen LogP contribution < -0.4 is 16.7 Å². The number of nitrogens with one attached hydrogen (secondary N) is 2. The number of aromatic nitrogens is 3. The van der Waals surface area contributed by atoms with Crippen LogP contribution in [0, 0.1) is 5.92 Å². The van der Waals surface area contributed by atoms with Gasteiger partial charge in [-0.2, -0.15) is 0 Å². The number of carbonyl (C=O) groups is 2. The molecule has 3 heterocycles. The molecule has 32 heavy (non-hydrogen) atoms. The van der Waals surface area contributed by atoms with E-state index in [4.69, 9.17) is 10.5 Å². The Balaban J connectivity index is 1.66. The minimum Gasteiger partial charge on any atom is -0.388 e. The summed E-state index contributed by atoms with van der Waals surface area (Å²) < 4.78 is 6.61. The SMILES string of the molecule is CC(NC(=O)C(N)C(C)C(O)c1cccnc1)C1OC(n2cc(C=O)[nH]c2=O)C(O)C1O. The van der Waals surface area contributed by atoms with Gasteiger partial charge in [0.15, 0.2) is 12.5 Å². The summed E-state index contributed by atoms with van der Waals surface area (Å²) in [5.74, 6) is -1.25. The Labute approximate surface area is 183 Å².